The summed E-state index contributed by atoms with van der Waals surface area (Å²) in [6.45, 7) is 11.6. The van der Waals surface area contributed by atoms with E-state index >= 15 is 0 Å². The fourth-order valence-electron chi connectivity index (χ4n) is 0.316. The van der Waals surface area contributed by atoms with Gasteiger partial charge in [-0.2, -0.15) is 0 Å². The molecule has 0 rings (SSSR count). The summed E-state index contributed by atoms with van der Waals surface area (Å²) < 4.78 is 0. The van der Waals surface area contributed by atoms with Crippen molar-refractivity contribution in [2.45, 2.75) is 27.7 Å². The molecule has 0 aliphatic rings. The summed E-state index contributed by atoms with van der Waals surface area (Å²) in [6, 6.07) is 0. The van der Waals surface area contributed by atoms with Gasteiger partial charge in [-0.15, -0.1) is 0 Å². The number of hydrogen-bond acceptors (Lipinski definition) is 1. The van der Waals surface area contributed by atoms with E-state index in [-0.39, 0.29) is 0 Å². The van der Waals surface area contributed by atoms with Crippen LogP contribution >= 0.6 is 0 Å². The minimum absolute atomic E-state index is 1.00. The van der Waals surface area contributed by atoms with Crippen LogP contribution in [-0.2, 0) is 0 Å². The van der Waals surface area contributed by atoms with E-state index in [4.69, 9.17) is 5.11 Å². The molecule has 0 saturated carbocycles. The molecule has 0 heterocycles. The largest absolute Gasteiger partial charge is 0.400 e. The Morgan fingerprint density at radius 1 is 1.25 bits per heavy atom. The predicted molar refractivity (Wildman–Crippen MR) is 58.3 cm³/mol. The second-order valence-electron chi connectivity index (χ2n) is 1.64. The maximum Gasteiger partial charge on any atom is 0.0319 e. The number of rotatable bonds is 2. The van der Waals surface area contributed by atoms with Crippen molar-refractivity contribution in [1.82, 2.24) is 0 Å². The first-order chi connectivity index (χ1) is 5.81. The lowest BCUT2D eigenvalue weighted by molar-refractivity contribution is 0.399. The van der Waals surface area contributed by atoms with Crippen molar-refractivity contribution >= 4 is 0 Å². The Morgan fingerprint density at radius 3 is 1.92 bits per heavy atom. The van der Waals surface area contributed by atoms with Gasteiger partial charge in [-0.05, 0) is 13.8 Å². The van der Waals surface area contributed by atoms with Gasteiger partial charge in [0.15, 0.2) is 0 Å². The average molecular weight is 170 g/mol. The van der Waals surface area contributed by atoms with Crippen molar-refractivity contribution in [2.75, 3.05) is 7.11 Å². The Kier molecular flexibility index (Phi) is 32.4. The Labute approximate surface area is 77.1 Å². The first-order valence-corrected chi connectivity index (χ1v) is 4.18. The van der Waals surface area contributed by atoms with Gasteiger partial charge in [0.2, 0.25) is 0 Å². The Morgan fingerprint density at radius 2 is 1.67 bits per heavy atom. The van der Waals surface area contributed by atoms with Crippen LogP contribution < -0.4 is 0 Å². The third-order valence-corrected chi connectivity index (χ3v) is 0.874. The molecule has 0 atom stereocenters. The van der Waals surface area contributed by atoms with Crippen LogP contribution in [0.25, 0.3) is 0 Å². The van der Waals surface area contributed by atoms with Gasteiger partial charge in [-0.25, -0.2) is 0 Å². The normalized spacial score (nSPS) is 9.33. The van der Waals surface area contributed by atoms with Crippen LogP contribution in [0.3, 0.4) is 0 Å². The van der Waals surface area contributed by atoms with Gasteiger partial charge in [0.1, 0.15) is 0 Å². The highest BCUT2D eigenvalue weighted by Gasteiger charge is 1.70. The Hall–Kier alpha value is -0.820. The maximum atomic E-state index is 7.00. The standard InChI is InChI=1S/C8H12.C2H6.CH4O/c1-4-6-7-8(3)5-2;2*1-2/h4-7H,2H2,1,3H3;1-2H3;2H,1H3/b6-4+,8-7-;;. The smallest absolute Gasteiger partial charge is 0.0319 e. The van der Waals surface area contributed by atoms with Crippen LogP contribution in [0.15, 0.2) is 36.5 Å². The molecule has 0 aromatic carbocycles. The van der Waals surface area contributed by atoms with E-state index in [0.717, 1.165) is 7.11 Å². The predicted octanol–water partition coefficient (Wildman–Crippen LogP) is 3.33. The van der Waals surface area contributed by atoms with Gasteiger partial charge < -0.3 is 5.11 Å². The van der Waals surface area contributed by atoms with Crippen LogP contribution in [0, 0.1) is 0 Å². The molecule has 0 bridgehead atoms. The van der Waals surface area contributed by atoms with Crippen LogP contribution in [0.1, 0.15) is 27.7 Å². The van der Waals surface area contributed by atoms with E-state index in [9.17, 15) is 0 Å². The molecule has 72 valence electrons. The summed E-state index contributed by atoms with van der Waals surface area (Å²) in [6.07, 6.45) is 7.84. The molecule has 0 aromatic rings. The molecular formula is C11H22O. The lowest BCUT2D eigenvalue weighted by atomic mass is 10.3. The average Bonchev–Trinajstić information content (AvgIpc) is 2.20. The molecular weight excluding hydrogens is 148 g/mol. The zero-order valence-electron chi connectivity index (χ0n) is 8.96. The van der Waals surface area contributed by atoms with E-state index in [1.54, 1.807) is 0 Å². The minimum atomic E-state index is 1.00. The highest BCUT2D eigenvalue weighted by atomic mass is 16.2. The summed E-state index contributed by atoms with van der Waals surface area (Å²) in [7, 11) is 1.00. The first kappa shape index (κ1) is 17.3. The molecule has 1 N–H and O–H groups in total. The summed E-state index contributed by atoms with van der Waals surface area (Å²) in [4.78, 5) is 0. The third-order valence-electron chi connectivity index (χ3n) is 0.874. The number of aliphatic hydroxyl groups excluding tert-OH is 1. The second-order valence-corrected chi connectivity index (χ2v) is 1.64. The molecule has 1 nitrogen and oxygen atoms in total. The van der Waals surface area contributed by atoms with E-state index in [0.29, 0.717) is 0 Å². The summed E-state index contributed by atoms with van der Waals surface area (Å²) >= 11 is 0. The SMILES string of the molecule is C=C/C(C)=C\C=C\C.CC.CO. The first-order valence-electron chi connectivity index (χ1n) is 4.18. The van der Waals surface area contributed by atoms with E-state index in [2.05, 4.69) is 6.58 Å². The summed E-state index contributed by atoms with van der Waals surface area (Å²) in [5.41, 5.74) is 1.20. The van der Waals surface area contributed by atoms with Crippen molar-refractivity contribution in [3.63, 3.8) is 0 Å². The number of allylic oxidation sites excluding steroid dienone is 5. The number of hydrogen-bond donors (Lipinski definition) is 1. The monoisotopic (exact) mass is 170 g/mol. The van der Waals surface area contributed by atoms with Crippen LogP contribution in [0.5, 0.6) is 0 Å². The highest BCUT2D eigenvalue weighted by molar-refractivity contribution is 5.18. The van der Waals surface area contributed by atoms with E-state index in [1.807, 2.05) is 52.0 Å². The molecule has 0 saturated heterocycles. The Balaban J connectivity index is -0.000000175. The third kappa shape index (κ3) is 22.9. The molecule has 0 aromatic heterocycles. The van der Waals surface area contributed by atoms with E-state index in [1.165, 1.54) is 5.57 Å². The molecule has 0 fully saturated rings. The van der Waals surface area contributed by atoms with Crippen LogP contribution in [0.2, 0.25) is 0 Å². The van der Waals surface area contributed by atoms with Gasteiger partial charge in [0.05, 0.1) is 0 Å². The molecule has 1 heteroatoms. The van der Waals surface area contributed by atoms with Crippen LogP contribution in [0.4, 0.5) is 0 Å². The van der Waals surface area contributed by atoms with Gasteiger partial charge in [0, 0.05) is 7.11 Å². The fourth-order valence-corrected chi connectivity index (χ4v) is 0.316. The molecule has 0 aliphatic carbocycles. The molecule has 0 amide bonds. The maximum absolute atomic E-state index is 7.00. The molecule has 0 unspecified atom stereocenters. The van der Waals surface area contributed by atoms with Crippen molar-refractivity contribution < 1.29 is 5.11 Å². The van der Waals surface area contributed by atoms with Crippen molar-refractivity contribution in [3.8, 4) is 0 Å². The fraction of sp³-hybridized carbons (Fsp3) is 0.455. The van der Waals surface area contributed by atoms with Gasteiger partial charge in [-0.1, -0.05) is 50.3 Å². The van der Waals surface area contributed by atoms with Crippen molar-refractivity contribution in [3.05, 3.63) is 36.5 Å². The zero-order valence-corrected chi connectivity index (χ0v) is 8.96. The molecule has 0 spiro atoms. The highest BCUT2D eigenvalue weighted by Crippen LogP contribution is 1.91. The minimum Gasteiger partial charge on any atom is -0.400 e. The molecule has 0 aliphatic heterocycles. The van der Waals surface area contributed by atoms with Crippen molar-refractivity contribution in [1.29, 1.82) is 0 Å². The summed E-state index contributed by atoms with van der Waals surface area (Å²) in [5, 5.41) is 7.00. The number of aliphatic hydroxyl groups is 1. The van der Waals surface area contributed by atoms with E-state index < -0.39 is 0 Å². The van der Waals surface area contributed by atoms with Gasteiger partial charge in [0.25, 0.3) is 0 Å². The van der Waals surface area contributed by atoms with Crippen LogP contribution in [-0.4, -0.2) is 12.2 Å². The topological polar surface area (TPSA) is 20.2 Å². The lowest BCUT2D eigenvalue weighted by Gasteiger charge is -1.81. The Bertz CT molecular complexity index is 121. The quantitative estimate of drug-likeness (QED) is 0.630. The van der Waals surface area contributed by atoms with Crippen molar-refractivity contribution in [2.24, 2.45) is 0 Å². The molecule has 0 radical (unpaired) electrons. The molecule has 12 heavy (non-hydrogen) atoms. The summed E-state index contributed by atoms with van der Waals surface area (Å²) in [5.74, 6) is 0. The lowest BCUT2D eigenvalue weighted by Crippen LogP contribution is -1.60. The second kappa shape index (κ2) is 22.5. The van der Waals surface area contributed by atoms with Gasteiger partial charge >= 0.3 is 0 Å². The van der Waals surface area contributed by atoms with Gasteiger partial charge in [-0.3, -0.25) is 0 Å². The zero-order chi connectivity index (χ0) is 10.4.